The highest BCUT2D eigenvalue weighted by atomic mass is 16.3. The molecule has 0 bridgehead atoms. The van der Waals surface area contributed by atoms with Gasteiger partial charge in [0.15, 0.2) is 0 Å². The van der Waals surface area contributed by atoms with Gasteiger partial charge in [0.25, 0.3) is 0 Å². The van der Waals surface area contributed by atoms with Crippen LogP contribution in [0.1, 0.15) is 52.8 Å². The Bertz CT molecular complexity index is 252. The van der Waals surface area contributed by atoms with Crippen LogP contribution in [0.3, 0.4) is 0 Å². The molecular weight excluding hydrogens is 200 g/mol. The Labute approximate surface area is 100 Å². The van der Waals surface area contributed by atoms with E-state index in [0.29, 0.717) is 6.54 Å². The van der Waals surface area contributed by atoms with Crippen LogP contribution in [0.4, 0.5) is 0 Å². The number of hydrogen-bond donors (Lipinski definition) is 1. The summed E-state index contributed by atoms with van der Waals surface area (Å²) in [5, 5.41) is 13.8. The fraction of sp³-hybridized carbons (Fsp3) is 0.769. The van der Waals surface area contributed by atoms with Gasteiger partial charge in [-0.2, -0.15) is 5.10 Å². The van der Waals surface area contributed by atoms with Gasteiger partial charge in [-0.3, -0.25) is 4.68 Å². The summed E-state index contributed by atoms with van der Waals surface area (Å²) in [6.07, 6.45) is 1.95. The van der Waals surface area contributed by atoms with E-state index in [1.807, 2.05) is 47.7 Å². The number of aliphatic hydroxyl groups is 1. The van der Waals surface area contributed by atoms with Gasteiger partial charge >= 0.3 is 0 Å². The first-order valence-corrected chi connectivity index (χ1v) is 6.11. The Morgan fingerprint density at radius 3 is 1.88 bits per heavy atom. The zero-order valence-corrected chi connectivity index (χ0v) is 12.1. The zero-order chi connectivity index (χ0) is 13.4. The predicted octanol–water partition coefficient (Wildman–Crippen LogP) is 3.32. The summed E-state index contributed by atoms with van der Waals surface area (Å²) < 4.78 is 1.78. The van der Waals surface area contributed by atoms with E-state index in [1.165, 1.54) is 5.56 Å². The maximum absolute atomic E-state index is 9.51. The molecule has 1 heterocycles. The van der Waals surface area contributed by atoms with Gasteiger partial charge in [0, 0.05) is 6.20 Å². The predicted molar refractivity (Wildman–Crippen MR) is 70.7 cm³/mol. The summed E-state index contributed by atoms with van der Waals surface area (Å²) in [6.45, 7) is 16.1. The van der Waals surface area contributed by atoms with Crippen molar-refractivity contribution >= 4 is 0 Å². The molecule has 0 fully saturated rings. The molecular formula is C13H28N2O. The molecule has 0 saturated carbocycles. The van der Waals surface area contributed by atoms with Crippen LogP contribution in [-0.2, 0) is 6.54 Å². The van der Waals surface area contributed by atoms with Crippen molar-refractivity contribution in [2.24, 2.45) is 0 Å². The summed E-state index contributed by atoms with van der Waals surface area (Å²) in [6, 6.07) is 0. The minimum absolute atomic E-state index is 0.543. The Morgan fingerprint density at radius 1 is 1.19 bits per heavy atom. The molecule has 0 atom stereocenters. The Kier molecular flexibility index (Phi) is 9.15. The molecule has 0 aromatic carbocycles. The van der Waals surface area contributed by atoms with E-state index in [0.717, 1.165) is 5.69 Å². The Hall–Kier alpha value is -0.830. The highest BCUT2D eigenvalue weighted by Crippen LogP contribution is 2.08. The van der Waals surface area contributed by atoms with Crippen molar-refractivity contribution in [2.45, 2.75) is 67.5 Å². The lowest BCUT2D eigenvalue weighted by atomic mass is 10.1. The molecule has 0 aliphatic rings. The molecule has 1 aromatic rings. The zero-order valence-electron chi connectivity index (χ0n) is 12.1. The molecule has 0 unspecified atom stereocenters. The summed E-state index contributed by atoms with van der Waals surface area (Å²) >= 11 is 0. The fourth-order valence-corrected chi connectivity index (χ4v) is 1.09. The van der Waals surface area contributed by atoms with Crippen LogP contribution in [-0.4, -0.2) is 20.5 Å². The van der Waals surface area contributed by atoms with E-state index in [4.69, 9.17) is 0 Å². The first-order valence-electron chi connectivity index (χ1n) is 6.11. The smallest absolute Gasteiger partial charge is 0.0786 e. The van der Waals surface area contributed by atoms with E-state index < -0.39 is 5.60 Å². The lowest BCUT2D eigenvalue weighted by Gasteiger charge is -2.16. The third-order valence-electron chi connectivity index (χ3n) is 1.74. The van der Waals surface area contributed by atoms with E-state index >= 15 is 0 Å². The van der Waals surface area contributed by atoms with Crippen LogP contribution in [0, 0.1) is 13.8 Å². The minimum Gasteiger partial charge on any atom is -0.389 e. The average Bonchev–Trinajstić information content (AvgIpc) is 2.49. The van der Waals surface area contributed by atoms with Crippen molar-refractivity contribution in [1.82, 2.24) is 9.78 Å². The van der Waals surface area contributed by atoms with Gasteiger partial charge < -0.3 is 5.11 Å². The number of aryl methyl sites for hydroxylation is 2. The standard InChI is InChI=1S/C9H16N2O.2C2H6/c1-7-5-11(10-8(7)2)6-9(3,4)12;2*1-2/h5,12H,6H2,1-4H3;2*1-2H3. The van der Waals surface area contributed by atoms with Crippen LogP contribution in [0.5, 0.6) is 0 Å². The van der Waals surface area contributed by atoms with Crippen LogP contribution < -0.4 is 0 Å². The van der Waals surface area contributed by atoms with E-state index in [2.05, 4.69) is 5.10 Å². The fourth-order valence-electron chi connectivity index (χ4n) is 1.09. The molecule has 0 amide bonds. The van der Waals surface area contributed by atoms with Gasteiger partial charge in [-0.25, -0.2) is 0 Å². The minimum atomic E-state index is -0.690. The molecule has 16 heavy (non-hydrogen) atoms. The van der Waals surface area contributed by atoms with Gasteiger partial charge in [0.2, 0.25) is 0 Å². The summed E-state index contributed by atoms with van der Waals surface area (Å²) in [5.41, 5.74) is 1.50. The highest BCUT2D eigenvalue weighted by Gasteiger charge is 2.14. The first kappa shape index (κ1) is 17.6. The van der Waals surface area contributed by atoms with E-state index in [-0.39, 0.29) is 0 Å². The SMILES string of the molecule is CC.CC.Cc1cn(CC(C)(C)O)nc1C. The van der Waals surface area contributed by atoms with Gasteiger partial charge in [0.05, 0.1) is 17.8 Å². The molecule has 1 N–H and O–H groups in total. The largest absolute Gasteiger partial charge is 0.389 e. The van der Waals surface area contributed by atoms with Crippen LogP contribution in [0.15, 0.2) is 6.20 Å². The molecule has 0 spiro atoms. The Morgan fingerprint density at radius 2 is 1.62 bits per heavy atom. The second kappa shape index (κ2) is 8.34. The molecule has 96 valence electrons. The van der Waals surface area contributed by atoms with Crippen molar-refractivity contribution in [3.63, 3.8) is 0 Å². The van der Waals surface area contributed by atoms with Crippen molar-refractivity contribution in [3.05, 3.63) is 17.5 Å². The summed E-state index contributed by atoms with van der Waals surface area (Å²) in [7, 11) is 0. The second-order valence-corrected chi connectivity index (χ2v) is 3.91. The maximum Gasteiger partial charge on any atom is 0.0786 e. The average molecular weight is 228 g/mol. The van der Waals surface area contributed by atoms with Crippen molar-refractivity contribution in [3.8, 4) is 0 Å². The maximum atomic E-state index is 9.51. The van der Waals surface area contributed by atoms with E-state index in [1.54, 1.807) is 18.5 Å². The number of nitrogens with zero attached hydrogens (tertiary/aromatic N) is 2. The molecule has 3 nitrogen and oxygen atoms in total. The molecule has 0 aliphatic heterocycles. The third kappa shape index (κ3) is 7.46. The molecule has 0 radical (unpaired) electrons. The van der Waals surface area contributed by atoms with Gasteiger partial charge in [-0.1, -0.05) is 27.7 Å². The van der Waals surface area contributed by atoms with Gasteiger partial charge in [0.1, 0.15) is 0 Å². The topological polar surface area (TPSA) is 38.0 Å². The summed E-state index contributed by atoms with van der Waals surface area (Å²) in [5.74, 6) is 0. The first-order chi connectivity index (χ1) is 7.38. The molecule has 3 heteroatoms. The molecule has 0 aliphatic carbocycles. The molecule has 0 saturated heterocycles. The lowest BCUT2D eigenvalue weighted by molar-refractivity contribution is 0.0577. The van der Waals surface area contributed by atoms with Crippen molar-refractivity contribution in [1.29, 1.82) is 0 Å². The molecule has 1 aromatic heterocycles. The summed E-state index contributed by atoms with van der Waals surface area (Å²) in [4.78, 5) is 0. The Balaban J connectivity index is 0. The quantitative estimate of drug-likeness (QED) is 0.843. The highest BCUT2D eigenvalue weighted by molar-refractivity contribution is 5.12. The normalized spacial score (nSPS) is 9.81. The number of hydrogen-bond acceptors (Lipinski definition) is 2. The van der Waals surface area contributed by atoms with Crippen LogP contribution in [0.25, 0.3) is 0 Å². The lowest BCUT2D eigenvalue weighted by Crippen LogP contribution is -2.26. The van der Waals surface area contributed by atoms with Gasteiger partial charge in [-0.05, 0) is 33.3 Å². The second-order valence-electron chi connectivity index (χ2n) is 3.91. The van der Waals surface area contributed by atoms with E-state index in [9.17, 15) is 5.11 Å². The monoisotopic (exact) mass is 228 g/mol. The molecule has 1 rings (SSSR count). The number of aromatic nitrogens is 2. The van der Waals surface area contributed by atoms with Crippen LogP contribution >= 0.6 is 0 Å². The van der Waals surface area contributed by atoms with Crippen molar-refractivity contribution in [2.75, 3.05) is 0 Å². The van der Waals surface area contributed by atoms with Gasteiger partial charge in [-0.15, -0.1) is 0 Å². The van der Waals surface area contributed by atoms with Crippen molar-refractivity contribution < 1.29 is 5.11 Å². The van der Waals surface area contributed by atoms with Crippen LogP contribution in [0.2, 0.25) is 0 Å². The third-order valence-corrected chi connectivity index (χ3v) is 1.74. The number of rotatable bonds is 2.